The Kier molecular flexibility index (Phi) is 7.38. The average molecular weight is 506 g/mol. The molecule has 0 saturated carbocycles. The van der Waals surface area contributed by atoms with E-state index in [-0.39, 0.29) is 12.2 Å². The second-order valence-corrected chi connectivity index (χ2v) is 6.49. The first-order valence-corrected chi connectivity index (χ1v) is 8.78. The van der Waals surface area contributed by atoms with Gasteiger partial charge in [-0.05, 0) is 64.6 Å². The Morgan fingerprint density at radius 2 is 1.96 bits per heavy atom. The molecule has 28 heavy (non-hydrogen) atoms. The van der Waals surface area contributed by atoms with Gasteiger partial charge in [-0.25, -0.2) is 10.2 Å². The van der Waals surface area contributed by atoms with E-state index in [2.05, 4.69) is 15.3 Å². The summed E-state index contributed by atoms with van der Waals surface area (Å²) >= 11 is 2.00. The van der Waals surface area contributed by atoms with Crippen molar-refractivity contribution < 1.29 is 32.2 Å². The molecule has 0 radical (unpaired) electrons. The number of hydrazone groups is 1. The fourth-order valence-electron chi connectivity index (χ4n) is 1.98. The van der Waals surface area contributed by atoms with Crippen molar-refractivity contribution >= 4 is 40.7 Å². The molecule has 0 aliphatic heterocycles. The lowest BCUT2D eigenvalue weighted by Gasteiger charge is -2.08. The van der Waals surface area contributed by atoms with Crippen LogP contribution in [0.5, 0.6) is 5.75 Å². The van der Waals surface area contributed by atoms with E-state index in [9.17, 15) is 22.8 Å². The topological polar surface area (TPSA) is 77.0 Å². The number of esters is 1. The first-order valence-electron chi connectivity index (χ1n) is 7.70. The van der Waals surface area contributed by atoms with Gasteiger partial charge in [0.25, 0.3) is 5.91 Å². The van der Waals surface area contributed by atoms with Crippen molar-refractivity contribution in [3.8, 4) is 5.75 Å². The number of nitrogens with zero attached hydrogens (tertiary/aromatic N) is 1. The minimum atomic E-state index is -4.53. The summed E-state index contributed by atoms with van der Waals surface area (Å²) in [7, 11) is 1.25. The Hall–Kier alpha value is -2.63. The molecule has 0 aromatic heterocycles. The number of ether oxygens (including phenoxy) is 2. The van der Waals surface area contributed by atoms with Gasteiger partial charge in [0.1, 0.15) is 5.75 Å². The molecule has 2 rings (SSSR count). The number of amides is 1. The van der Waals surface area contributed by atoms with Crippen LogP contribution >= 0.6 is 22.6 Å². The summed E-state index contributed by atoms with van der Waals surface area (Å²) in [5, 5.41) is 3.74. The summed E-state index contributed by atoms with van der Waals surface area (Å²) in [4.78, 5) is 23.0. The van der Waals surface area contributed by atoms with E-state index in [0.29, 0.717) is 14.9 Å². The Morgan fingerprint density at radius 3 is 2.61 bits per heavy atom. The lowest BCUT2D eigenvalue weighted by molar-refractivity contribution is -0.143. The predicted molar refractivity (Wildman–Crippen MR) is 103 cm³/mol. The smallest absolute Gasteiger partial charge is 0.416 e. The van der Waals surface area contributed by atoms with E-state index in [1.165, 1.54) is 19.4 Å². The molecule has 6 nitrogen and oxygen atoms in total. The van der Waals surface area contributed by atoms with Crippen LogP contribution in [0.1, 0.15) is 21.5 Å². The quantitative estimate of drug-likeness (QED) is 0.281. The van der Waals surface area contributed by atoms with Crippen LogP contribution in [0.15, 0.2) is 47.6 Å². The van der Waals surface area contributed by atoms with Crippen LogP contribution < -0.4 is 10.2 Å². The molecule has 0 fully saturated rings. The van der Waals surface area contributed by atoms with Crippen LogP contribution in [0, 0.1) is 3.57 Å². The van der Waals surface area contributed by atoms with Crippen LogP contribution in [-0.4, -0.2) is 31.8 Å². The van der Waals surface area contributed by atoms with Gasteiger partial charge in [-0.2, -0.15) is 18.3 Å². The Bertz CT molecular complexity index is 901. The van der Waals surface area contributed by atoms with Crippen molar-refractivity contribution in [3.05, 3.63) is 62.7 Å². The summed E-state index contributed by atoms with van der Waals surface area (Å²) in [5.74, 6) is -0.815. The number of hydrogen-bond donors (Lipinski definition) is 1. The van der Waals surface area contributed by atoms with E-state index in [0.717, 1.165) is 18.2 Å². The zero-order valence-electron chi connectivity index (χ0n) is 14.4. The maximum atomic E-state index is 12.7. The lowest BCUT2D eigenvalue weighted by Crippen LogP contribution is -2.18. The molecule has 1 N–H and O–H groups in total. The monoisotopic (exact) mass is 506 g/mol. The molecule has 2 aromatic rings. The van der Waals surface area contributed by atoms with Crippen molar-refractivity contribution in [2.24, 2.45) is 5.10 Å². The number of benzene rings is 2. The number of methoxy groups -OCH3 is 1. The summed E-state index contributed by atoms with van der Waals surface area (Å²) in [6.45, 7) is -0.229. The van der Waals surface area contributed by atoms with Gasteiger partial charge in [0.15, 0.2) is 6.61 Å². The second-order valence-electron chi connectivity index (χ2n) is 5.33. The predicted octanol–water partition coefficient (Wildman–Crippen LogP) is 3.63. The largest absolute Gasteiger partial charge is 0.481 e. The molecule has 148 valence electrons. The highest BCUT2D eigenvalue weighted by molar-refractivity contribution is 14.1. The highest BCUT2D eigenvalue weighted by Crippen LogP contribution is 2.29. The molecule has 2 aromatic carbocycles. The minimum Gasteiger partial charge on any atom is -0.481 e. The molecule has 1 amide bonds. The third kappa shape index (κ3) is 6.22. The van der Waals surface area contributed by atoms with Crippen molar-refractivity contribution in [2.75, 3.05) is 13.7 Å². The van der Waals surface area contributed by atoms with Gasteiger partial charge in [0.05, 0.1) is 22.5 Å². The van der Waals surface area contributed by atoms with Crippen LogP contribution in [0.4, 0.5) is 13.2 Å². The maximum Gasteiger partial charge on any atom is 0.416 e. The van der Waals surface area contributed by atoms with Gasteiger partial charge in [-0.1, -0.05) is 6.07 Å². The van der Waals surface area contributed by atoms with E-state index < -0.39 is 23.6 Å². The molecule has 0 atom stereocenters. The Balaban J connectivity index is 2.00. The lowest BCUT2D eigenvalue weighted by atomic mass is 10.1. The number of halogens is 4. The van der Waals surface area contributed by atoms with Crippen LogP contribution in [0.3, 0.4) is 0 Å². The molecule has 0 spiro atoms. The summed E-state index contributed by atoms with van der Waals surface area (Å²) in [6.07, 6.45) is -3.20. The SMILES string of the molecule is COC(=O)COc1ccc(/C=N\NC(=O)c2cccc(C(F)(F)F)c2)cc1I. The molecule has 0 heterocycles. The summed E-state index contributed by atoms with van der Waals surface area (Å²) < 4.78 is 48.6. The van der Waals surface area contributed by atoms with Crippen molar-refractivity contribution in [1.82, 2.24) is 5.43 Å². The van der Waals surface area contributed by atoms with Gasteiger partial charge in [-0.15, -0.1) is 0 Å². The molecule has 0 aliphatic rings. The second kappa shape index (κ2) is 9.53. The normalized spacial score (nSPS) is 11.3. The molecule has 0 saturated heterocycles. The van der Waals surface area contributed by atoms with E-state index >= 15 is 0 Å². The number of carbonyl (C=O) groups excluding carboxylic acids is 2. The van der Waals surface area contributed by atoms with Crippen LogP contribution in [-0.2, 0) is 15.7 Å². The fourth-order valence-corrected chi connectivity index (χ4v) is 2.67. The molecule has 10 heteroatoms. The average Bonchev–Trinajstić information content (AvgIpc) is 2.66. The van der Waals surface area contributed by atoms with Gasteiger partial charge < -0.3 is 9.47 Å². The number of alkyl halides is 3. The molecule has 0 bridgehead atoms. The highest BCUT2D eigenvalue weighted by atomic mass is 127. The highest BCUT2D eigenvalue weighted by Gasteiger charge is 2.30. The molecule has 0 unspecified atom stereocenters. The number of carbonyl (C=O) groups is 2. The van der Waals surface area contributed by atoms with E-state index in [1.54, 1.807) is 18.2 Å². The number of nitrogens with one attached hydrogen (secondary N) is 1. The van der Waals surface area contributed by atoms with Gasteiger partial charge in [-0.3, -0.25) is 4.79 Å². The van der Waals surface area contributed by atoms with Crippen LogP contribution in [0.25, 0.3) is 0 Å². The zero-order valence-corrected chi connectivity index (χ0v) is 16.6. The van der Waals surface area contributed by atoms with Crippen molar-refractivity contribution in [1.29, 1.82) is 0 Å². The zero-order chi connectivity index (χ0) is 20.7. The third-order valence-corrected chi connectivity index (χ3v) is 4.20. The van der Waals surface area contributed by atoms with Crippen molar-refractivity contribution in [2.45, 2.75) is 6.18 Å². The van der Waals surface area contributed by atoms with E-state index in [1.807, 2.05) is 22.6 Å². The fraction of sp³-hybridized carbons (Fsp3) is 0.167. The third-order valence-electron chi connectivity index (χ3n) is 3.36. The molecular weight excluding hydrogens is 492 g/mol. The standard InChI is InChI=1S/C18H14F3IN2O4/c1-27-16(25)10-28-15-6-5-11(7-14(15)22)9-23-24-17(26)12-3-2-4-13(8-12)18(19,20)21/h2-9H,10H2,1H3,(H,24,26)/b23-9-. The van der Waals surface area contributed by atoms with Gasteiger partial charge in [0.2, 0.25) is 0 Å². The van der Waals surface area contributed by atoms with E-state index in [4.69, 9.17) is 4.74 Å². The first kappa shape index (κ1) is 21.7. The minimum absolute atomic E-state index is 0.159. The van der Waals surface area contributed by atoms with Gasteiger partial charge >= 0.3 is 12.1 Å². The number of rotatable bonds is 6. The first-order chi connectivity index (χ1) is 13.2. The Morgan fingerprint density at radius 1 is 1.21 bits per heavy atom. The van der Waals surface area contributed by atoms with Crippen molar-refractivity contribution in [3.63, 3.8) is 0 Å². The van der Waals surface area contributed by atoms with Gasteiger partial charge in [0, 0.05) is 5.56 Å². The number of hydrogen-bond acceptors (Lipinski definition) is 5. The maximum absolute atomic E-state index is 12.7. The molecular formula is C18H14F3IN2O4. The molecule has 0 aliphatic carbocycles. The van der Waals surface area contributed by atoms with Crippen LogP contribution in [0.2, 0.25) is 0 Å². The Labute approximate surface area is 171 Å². The summed E-state index contributed by atoms with van der Waals surface area (Å²) in [6, 6.07) is 8.98. The summed E-state index contributed by atoms with van der Waals surface area (Å²) in [5.41, 5.74) is 1.71.